The first-order valence-electron chi connectivity index (χ1n) is 9.56. The molecule has 2 N–H and O–H groups in total. The largest absolute Gasteiger partial charge is 0.492 e. The first kappa shape index (κ1) is 22.5. The monoisotopic (exact) mass is 389 g/mol. The van der Waals surface area contributed by atoms with E-state index in [0.717, 1.165) is 16.6 Å². The summed E-state index contributed by atoms with van der Waals surface area (Å²) in [5.41, 5.74) is 0.905. The van der Waals surface area contributed by atoms with Gasteiger partial charge in [0.15, 0.2) is 0 Å². The predicted octanol–water partition coefficient (Wildman–Crippen LogP) is 3.72. The average Bonchev–Trinajstić information content (AvgIpc) is 2.77. The Morgan fingerprint density at radius 1 is 1.21 bits per heavy atom. The maximum absolute atomic E-state index is 12.1. The van der Waals surface area contributed by atoms with Gasteiger partial charge in [-0.3, -0.25) is 0 Å². The number of rotatable bonds is 5. The standard InChI is InChI=1S/C21H32BNO5/c1-19(2,3)26-18(25)23-13-17(12-15-9-8-10-16(11-15)14-24)22-27-20(4,5)21(6,7)28-22/h8-12,24H,13-14H2,1-7H3,(H,23,25). The molecule has 154 valence electrons. The van der Waals surface area contributed by atoms with Gasteiger partial charge in [-0.2, -0.15) is 0 Å². The Hall–Kier alpha value is -1.83. The summed E-state index contributed by atoms with van der Waals surface area (Å²) < 4.78 is 17.6. The van der Waals surface area contributed by atoms with Crippen molar-refractivity contribution < 1.29 is 23.9 Å². The van der Waals surface area contributed by atoms with Crippen molar-refractivity contribution in [1.29, 1.82) is 0 Å². The molecule has 1 amide bonds. The molecule has 0 aromatic heterocycles. The molecule has 28 heavy (non-hydrogen) atoms. The number of nitrogens with one attached hydrogen (secondary N) is 1. The van der Waals surface area contributed by atoms with Gasteiger partial charge in [0.25, 0.3) is 0 Å². The van der Waals surface area contributed by atoms with E-state index in [-0.39, 0.29) is 13.2 Å². The van der Waals surface area contributed by atoms with Crippen molar-refractivity contribution in [3.8, 4) is 0 Å². The molecule has 0 bridgehead atoms. The van der Waals surface area contributed by atoms with Crippen molar-refractivity contribution in [3.63, 3.8) is 0 Å². The van der Waals surface area contributed by atoms with Crippen molar-refractivity contribution >= 4 is 19.3 Å². The molecule has 0 saturated carbocycles. The van der Waals surface area contributed by atoms with E-state index < -0.39 is 30.0 Å². The lowest BCUT2D eigenvalue weighted by Gasteiger charge is -2.32. The van der Waals surface area contributed by atoms with Crippen molar-refractivity contribution in [2.75, 3.05) is 6.54 Å². The van der Waals surface area contributed by atoms with E-state index in [0.29, 0.717) is 0 Å². The highest BCUT2D eigenvalue weighted by Crippen LogP contribution is 2.38. The van der Waals surface area contributed by atoms with Crippen LogP contribution in [0.25, 0.3) is 6.08 Å². The third-order valence-corrected chi connectivity index (χ3v) is 4.88. The van der Waals surface area contributed by atoms with Gasteiger partial charge in [-0.1, -0.05) is 24.3 Å². The molecular formula is C21H32BNO5. The topological polar surface area (TPSA) is 77.0 Å². The van der Waals surface area contributed by atoms with Crippen LogP contribution in [-0.2, 0) is 20.7 Å². The Morgan fingerprint density at radius 2 is 1.82 bits per heavy atom. The summed E-state index contributed by atoms with van der Waals surface area (Å²) in [7, 11) is -0.599. The summed E-state index contributed by atoms with van der Waals surface area (Å²) in [5, 5.41) is 12.2. The number of alkyl carbamates (subject to hydrolysis) is 1. The maximum Gasteiger partial charge on any atom is 0.492 e. The van der Waals surface area contributed by atoms with Gasteiger partial charge < -0.3 is 24.5 Å². The molecule has 0 aliphatic carbocycles. The molecule has 0 radical (unpaired) electrons. The Labute approximate surface area is 168 Å². The van der Waals surface area contributed by atoms with Gasteiger partial charge in [-0.15, -0.1) is 0 Å². The van der Waals surface area contributed by atoms with Crippen LogP contribution in [0, 0.1) is 0 Å². The number of ether oxygens (including phenoxy) is 1. The van der Waals surface area contributed by atoms with Gasteiger partial charge in [-0.25, -0.2) is 4.79 Å². The first-order valence-corrected chi connectivity index (χ1v) is 9.56. The molecule has 1 aromatic carbocycles. The molecule has 6 nitrogen and oxygen atoms in total. The van der Waals surface area contributed by atoms with E-state index in [9.17, 15) is 9.90 Å². The Morgan fingerprint density at radius 3 is 2.36 bits per heavy atom. The zero-order chi connectivity index (χ0) is 21.2. The number of benzene rings is 1. The van der Waals surface area contributed by atoms with Crippen LogP contribution in [0.15, 0.2) is 29.7 Å². The van der Waals surface area contributed by atoms with Crippen LogP contribution in [-0.4, -0.2) is 41.7 Å². The Balaban J connectivity index is 2.26. The zero-order valence-electron chi connectivity index (χ0n) is 18.0. The summed E-state index contributed by atoms with van der Waals surface area (Å²) in [6, 6.07) is 7.54. The van der Waals surface area contributed by atoms with Gasteiger partial charge in [0.2, 0.25) is 0 Å². The molecule has 1 heterocycles. The fraction of sp³-hybridized carbons (Fsp3) is 0.571. The number of carbonyl (C=O) groups excluding carboxylic acids is 1. The van der Waals surface area contributed by atoms with E-state index in [1.807, 2.05) is 78.8 Å². The lowest BCUT2D eigenvalue weighted by atomic mass is 9.77. The number of aliphatic hydroxyl groups is 1. The Kier molecular flexibility index (Phi) is 6.64. The van der Waals surface area contributed by atoms with E-state index in [2.05, 4.69) is 5.32 Å². The van der Waals surface area contributed by atoms with Crippen LogP contribution in [0.4, 0.5) is 4.79 Å². The molecule has 1 aliphatic heterocycles. The van der Waals surface area contributed by atoms with E-state index in [4.69, 9.17) is 14.0 Å². The smallest absolute Gasteiger partial charge is 0.444 e. The highest BCUT2D eigenvalue weighted by Gasteiger charge is 2.52. The van der Waals surface area contributed by atoms with Crippen molar-refractivity contribution in [2.45, 2.75) is 71.9 Å². The molecule has 1 aliphatic rings. The number of carbonyl (C=O) groups is 1. The molecule has 0 spiro atoms. The minimum absolute atomic E-state index is 0.0380. The molecule has 0 atom stereocenters. The average molecular weight is 389 g/mol. The lowest BCUT2D eigenvalue weighted by molar-refractivity contribution is 0.00578. The molecule has 0 unspecified atom stereocenters. The molecule has 7 heteroatoms. The van der Waals surface area contributed by atoms with Gasteiger partial charge in [0.05, 0.1) is 17.8 Å². The first-order chi connectivity index (χ1) is 12.8. The van der Waals surface area contributed by atoms with Gasteiger partial charge in [0, 0.05) is 6.54 Å². The van der Waals surface area contributed by atoms with Crippen LogP contribution in [0.5, 0.6) is 0 Å². The second kappa shape index (κ2) is 8.27. The highest BCUT2D eigenvalue weighted by atomic mass is 16.7. The lowest BCUT2D eigenvalue weighted by Crippen LogP contribution is -2.41. The fourth-order valence-corrected chi connectivity index (χ4v) is 2.68. The molecule has 1 fully saturated rings. The SMILES string of the molecule is CC(C)(C)OC(=O)NCC(=Cc1cccc(CO)c1)B1OC(C)(C)C(C)(C)O1. The maximum atomic E-state index is 12.1. The molecular weight excluding hydrogens is 357 g/mol. The summed E-state index contributed by atoms with van der Waals surface area (Å²) in [4.78, 5) is 12.1. The van der Waals surface area contributed by atoms with Gasteiger partial charge >= 0.3 is 13.2 Å². The van der Waals surface area contributed by atoms with Crippen molar-refractivity contribution in [3.05, 3.63) is 40.9 Å². The van der Waals surface area contributed by atoms with Crippen molar-refractivity contribution in [2.24, 2.45) is 0 Å². The van der Waals surface area contributed by atoms with E-state index in [1.54, 1.807) is 0 Å². The van der Waals surface area contributed by atoms with Crippen LogP contribution >= 0.6 is 0 Å². The second-order valence-electron chi connectivity index (χ2n) is 9.07. The summed E-state index contributed by atoms with van der Waals surface area (Å²) in [6.45, 7) is 13.6. The molecule has 1 aromatic rings. The molecule has 2 rings (SSSR count). The number of hydrogen-bond donors (Lipinski definition) is 2. The minimum atomic E-state index is -0.599. The summed E-state index contributed by atoms with van der Waals surface area (Å²) >= 11 is 0. The highest BCUT2D eigenvalue weighted by molar-refractivity contribution is 6.56. The number of aliphatic hydroxyl groups excluding tert-OH is 1. The summed E-state index contributed by atoms with van der Waals surface area (Å²) in [5.74, 6) is 0. The van der Waals surface area contributed by atoms with E-state index >= 15 is 0 Å². The number of hydrogen-bond acceptors (Lipinski definition) is 5. The van der Waals surface area contributed by atoms with Gasteiger partial charge in [-0.05, 0) is 71.1 Å². The predicted molar refractivity (Wildman–Crippen MR) is 111 cm³/mol. The third-order valence-electron chi connectivity index (χ3n) is 4.88. The fourth-order valence-electron chi connectivity index (χ4n) is 2.68. The molecule has 1 saturated heterocycles. The third kappa shape index (κ3) is 5.83. The van der Waals surface area contributed by atoms with Crippen LogP contribution in [0.3, 0.4) is 0 Å². The van der Waals surface area contributed by atoms with Gasteiger partial charge in [0.1, 0.15) is 5.60 Å². The zero-order valence-corrected chi connectivity index (χ0v) is 18.0. The van der Waals surface area contributed by atoms with E-state index in [1.165, 1.54) is 0 Å². The quantitative estimate of drug-likeness (QED) is 0.751. The minimum Gasteiger partial charge on any atom is -0.444 e. The Bertz CT molecular complexity index is 721. The van der Waals surface area contributed by atoms with Crippen molar-refractivity contribution in [1.82, 2.24) is 5.32 Å². The van der Waals surface area contributed by atoms with Crippen LogP contribution in [0.1, 0.15) is 59.6 Å². The summed E-state index contributed by atoms with van der Waals surface area (Å²) in [6.07, 6.45) is 1.41. The second-order valence-corrected chi connectivity index (χ2v) is 9.07. The van der Waals surface area contributed by atoms with Crippen LogP contribution < -0.4 is 5.32 Å². The van der Waals surface area contributed by atoms with Crippen LogP contribution in [0.2, 0.25) is 0 Å². The number of amides is 1. The normalized spacial score (nSPS) is 18.9.